The third-order valence-electron chi connectivity index (χ3n) is 12.4. The Kier molecular flexibility index (Phi) is 23.4. The molecule has 0 N–H and O–H groups in total. The monoisotopic (exact) mass is 1060 g/mol. The van der Waals surface area contributed by atoms with Gasteiger partial charge in [0.15, 0.2) is 0 Å². The van der Waals surface area contributed by atoms with E-state index in [2.05, 4.69) is 146 Å². The molecular formula is C64H72N2O12. The summed E-state index contributed by atoms with van der Waals surface area (Å²) in [6, 6.07) is 45.9. The fourth-order valence-corrected chi connectivity index (χ4v) is 7.96. The SMILES string of the molecule is C=C(C)C(=O)OCCOCc1ccc(N(c2ccc(-c3ccc(N(c4ccc(COCCOC(=O)CC)cc4)c4ccc(COCCOC(=O)CC)c(C)c4)cc3)cc2)c2ccc(COCCOC(=O)C(=C)C)c(C)c2)cc1. The summed E-state index contributed by atoms with van der Waals surface area (Å²) >= 11 is 0. The Morgan fingerprint density at radius 2 is 0.679 bits per heavy atom. The van der Waals surface area contributed by atoms with Crippen LogP contribution in [0.2, 0.25) is 0 Å². The summed E-state index contributed by atoms with van der Waals surface area (Å²) < 4.78 is 44.0. The molecule has 6 rings (SSSR count). The molecule has 0 aliphatic carbocycles. The third kappa shape index (κ3) is 18.1. The molecule has 0 radical (unpaired) electrons. The molecular weight excluding hydrogens is 989 g/mol. The van der Waals surface area contributed by atoms with Gasteiger partial charge in [-0.05, 0) is 145 Å². The van der Waals surface area contributed by atoms with Gasteiger partial charge >= 0.3 is 23.9 Å². The van der Waals surface area contributed by atoms with Crippen molar-refractivity contribution >= 4 is 58.0 Å². The molecule has 0 heterocycles. The molecule has 6 aromatic rings. The van der Waals surface area contributed by atoms with E-state index in [1.165, 1.54) is 0 Å². The molecule has 0 bridgehead atoms. The minimum absolute atomic E-state index is 0.141. The van der Waals surface area contributed by atoms with E-state index in [1.807, 2.05) is 24.3 Å². The maximum absolute atomic E-state index is 11.8. The van der Waals surface area contributed by atoms with Crippen LogP contribution in [-0.4, -0.2) is 76.7 Å². The molecule has 0 aliphatic rings. The molecule has 0 saturated carbocycles. The van der Waals surface area contributed by atoms with E-state index in [9.17, 15) is 19.2 Å². The van der Waals surface area contributed by atoms with Gasteiger partial charge in [0.2, 0.25) is 0 Å². The van der Waals surface area contributed by atoms with E-state index >= 15 is 0 Å². The van der Waals surface area contributed by atoms with Crippen molar-refractivity contribution < 1.29 is 57.1 Å². The van der Waals surface area contributed by atoms with Crippen molar-refractivity contribution in [2.75, 3.05) is 62.7 Å². The summed E-state index contributed by atoms with van der Waals surface area (Å²) in [5, 5.41) is 0. The van der Waals surface area contributed by atoms with Crippen LogP contribution >= 0.6 is 0 Å². The quantitative estimate of drug-likeness (QED) is 0.0176. The van der Waals surface area contributed by atoms with Gasteiger partial charge in [-0.1, -0.05) is 87.7 Å². The molecule has 410 valence electrons. The van der Waals surface area contributed by atoms with Crippen LogP contribution in [0.3, 0.4) is 0 Å². The first kappa shape index (κ1) is 59.4. The molecule has 0 fully saturated rings. The van der Waals surface area contributed by atoms with Crippen LogP contribution in [0.4, 0.5) is 34.1 Å². The molecule has 78 heavy (non-hydrogen) atoms. The first-order valence-electron chi connectivity index (χ1n) is 26.2. The van der Waals surface area contributed by atoms with E-state index < -0.39 is 11.9 Å². The maximum atomic E-state index is 11.8. The number of ether oxygens (including phenoxy) is 8. The van der Waals surface area contributed by atoms with Crippen molar-refractivity contribution in [1.82, 2.24) is 0 Å². The van der Waals surface area contributed by atoms with Gasteiger partial charge in [-0.3, -0.25) is 9.59 Å². The molecule has 0 aromatic heterocycles. The Morgan fingerprint density at radius 1 is 0.385 bits per heavy atom. The molecule has 0 aliphatic heterocycles. The smallest absolute Gasteiger partial charge is 0.333 e. The number of aryl methyl sites for hydroxylation is 2. The van der Waals surface area contributed by atoms with E-state index in [0.717, 1.165) is 78.6 Å². The number of nitrogens with zero attached hydrogens (tertiary/aromatic N) is 2. The minimum Gasteiger partial charge on any atom is -0.463 e. The molecule has 14 nitrogen and oxygen atoms in total. The summed E-state index contributed by atoms with van der Waals surface area (Å²) in [4.78, 5) is 51.1. The zero-order valence-electron chi connectivity index (χ0n) is 45.8. The molecule has 0 atom stereocenters. The predicted octanol–water partition coefficient (Wildman–Crippen LogP) is 13.1. The van der Waals surface area contributed by atoms with Crippen molar-refractivity contribution in [3.63, 3.8) is 0 Å². The first-order valence-corrected chi connectivity index (χ1v) is 26.2. The average molecular weight is 1060 g/mol. The summed E-state index contributed by atoms with van der Waals surface area (Å²) in [7, 11) is 0. The lowest BCUT2D eigenvalue weighted by Crippen LogP contribution is -2.12. The van der Waals surface area contributed by atoms with Crippen molar-refractivity contribution in [2.45, 2.75) is 80.8 Å². The van der Waals surface area contributed by atoms with E-state index in [4.69, 9.17) is 37.9 Å². The highest BCUT2D eigenvalue weighted by Gasteiger charge is 2.18. The lowest BCUT2D eigenvalue weighted by molar-refractivity contribution is -0.145. The zero-order chi connectivity index (χ0) is 55.8. The van der Waals surface area contributed by atoms with Crippen molar-refractivity contribution in [2.24, 2.45) is 0 Å². The number of hydrogen-bond donors (Lipinski definition) is 0. The largest absolute Gasteiger partial charge is 0.463 e. The van der Waals surface area contributed by atoms with Crippen LogP contribution in [0, 0.1) is 13.8 Å². The minimum atomic E-state index is -0.439. The summed E-state index contributed by atoms with van der Waals surface area (Å²) in [5.74, 6) is -1.38. The molecule has 14 heteroatoms. The van der Waals surface area contributed by atoms with Crippen LogP contribution in [-0.2, 0) is 83.5 Å². The van der Waals surface area contributed by atoms with Gasteiger partial charge in [-0.15, -0.1) is 0 Å². The number of rotatable bonds is 31. The van der Waals surface area contributed by atoms with Crippen LogP contribution in [0.25, 0.3) is 11.1 Å². The fraction of sp³-hybridized carbons (Fsp3) is 0.312. The fourth-order valence-electron chi connectivity index (χ4n) is 7.96. The Hall–Kier alpha value is -7.88. The molecule has 0 amide bonds. The van der Waals surface area contributed by atoms with Gasteiger partial charge in [0, 0.05) is 58.1 Å². The third-order valence-corrected chi connectivity index (χ3v) is 12.4. The van der Waals surface area contributed by atoms with Gasteiger partial charge in [0.25, 0.3) is 0 Å². The highest BCUT2D eigenvalue weighted by Crippen LogP contribution is 2.39. The number of esters is 4. The van der Waals surface area contributed by atoms with Crippen LogP contribution in [0.15, 0.2) is 158 Å². The number of benzene rings is 6. The Bertz CT molecular complexity index is 2930. The summed E-state index contributed by atoms with van der Waals surface area (Å²) in [6.45, 7) is 21.4. The van der Waals surface area contributed by atoms with Gasteiger partial charge in [-0.2, -0.15) is 0 Å². The normalized spacial score (nSPS) is 10.9. The molecule has 6 aromatic carbocycles. The number of carbonyl (C=O) groups is 4. The topological polar surface area (TPSA) is 149 Å². The molecule has 0 unspecified atom stereocenters. The summed E-state index contributed by atoms with van der Waals surface area (Å²) in [6.07, 6.45) is 0.655. The van der Waals surface area contributed by atoms with Crippen molar-refractivity contribution in [3.8, 4) is 11.1 Å². The number of hydrogen-bond acceptors (Lipinski definition) is 14. The van der Waals surface area contributed by atoms with Gasteiger partial charge in [-0.25, -0.2) is 9.59 Å². The highest BCUT2D eigenvalue weighted by atomic mass is 16.6. The predicted molar refractivity (Wildman–Crippen MR) is 303 cm³/mol. The lowest BCUT2D eigenvalue weighted by Gasteiger charge is -2.27. The Morgan fingerprint density at radius 3 is 0.987 bits per heavy atom. The second-order valence-corrected chi connectivity index (χ2v) is 18.5. The molecule has 0 spiro atoms. The Labute approximate surface area is 459 Å². The van der Waals surface area contributed by atoms with E-state index in [-0.39, 0.29) is 51.6 Å². The standard InChI is InChI=1S/C64H72N2O12/c1-9-61(67)75-35-31-71-41-49-11-21-55(22-12-49)65(59-29-19-53(47(7)39-59)43-73-32-36-76-62(68)10-2)57-25-15-51(16-26-57)52-17-27-58(28-18-52)66(56-23-13-50(14-24-56)42-72-33-37-77-63(69)45(3)4)60-30-20-54(48(8)40-60)44-74-34-38-78-64(70)46(5)6/h11-30,39-40H,3,5,9-10,31-38,41-44H2,1-2,4,6-8H3. The maximum Gasteiger partial charge on any atom is 0.333 e. The zero-order valence-corrected chi connectivity index (χ0v) is 45.8. The highest BCUT2D eigenvalue weighted by molar-refractivity contribution is 5.87. The van der Waals surface area contributed by atoms with Crippen molar-refractivity contribution in [1.29, 1.82) is 0 Å². The van der Waals surface area contributed by atoms with Crippen LogP contribution in [0.1, 0.15) is 73.9 Å². The lowest BCUT2D eigenvalue weighted by atomic mass is 10.0. The van der Waals surface area contributed by atoms with E-state index in [1.54, 1.807) is 27.7 Å². The van der Waals surface area contributed by atoms with Gasteiger partial charge in [0.1, 0.15) is 26.4 Å². The molecule has 0 saturated heterocycles. The van der Waals surface area contributed by atoms with Crippen molar-refractivity contribution in [3.05, 3.63) is 191 Å². The number of carbonyl (C=O) groups excluding carboxylic acids is 4. The van der Waals surface area contributed by atoms with E-state index in [0.29, 0.717) is 63.6 Å². The van der Waals surface area contributed by atoms with Gasteiger partial charge < -0.3 is 47.7 Å². The summed E-state index contributed by atoms with van der Waals surface area (Å²) in [5.41, 5.74) is 14.6. The number of anilines is 6. The van der Waals surface area contributed by atoms with Crippen LogP contribution in [0.5, 0.6) is 0 Å². The van der Waals surface area contributed by atoms with Gasteiger partial charge in [0.05, 0.1) is 52.9 Å². The second-order valence-electron chi connectivity index (χ2n) is 18.5. The second kappa shape index (κ2) is 30.8. The van der Waals surface area contributed by atoms with Crippen LogP contribution < -0.4 is 9.80 Å². The average Bonchev–Trinajstić information content (AvgIpc) is 3.44. The Balaban J connectivity index is 1.22. The first-order chi connectivity index (χ1) is 37.7.